The van der Waals surface area contributed by atoms with Gasteiger partial charge in [0.1, 0.15) is 0 Å². The van der Waals surface area contributed by atoms with E-state index >= 15 is 0 Å². The quantitative estimate of drug-likeness (QED) is 0.871. The van der Waals surface area contributed by atoms with E-state index in [0.717, 1.165) is 48.6 Å². The van der Waals surface area contributed by atoms with Crippen LogP contribution in [0.3, 0.4) is 0 Å². The first kappa shape index (κ1) is 13.2. The fourth-order valence-corrected chi connectivity index (χ4v) is 2.49. The van der Waals surface area contributed by atoms with E-state index in [2.05, 4.69) is 15.1 Å². The fourth-order valence-electron chi connectivity index (χ4n) is 2.49. The zero-order chi connectivity index (χ0) is 14.3. The Morgan fingerprint density at radius 2 is 1.90 bits per heavy atom. The molecule has 6 heteroatoms. The van der Waals surface area contributed by atoms with Gasteiger partial charge in [0.25, 0.3) is 0 Å². The Morgan fingerprint density at radius 3 is 2.55 bits per heavy atom. The van der Waals surface area contributed by atoms with Gasteiger partial charge in [0.2, 0.25) is 0 Å². The predicted molar refractivity (Wildman–Crippen MR) is 69.1 cm³/mol. The zero-order valence-electron chi connectivity index (χ0n) is 11.0. The van der Waals surface area contributed by atoms with Crippen LogP contribution in [0.1, 0.15) is 16.8 Å². The van der Waals surface area contributed by atoms with Gasteiger partial charge in [-0.15, -0.1) is 0 Å². The van der Waals surface area contributed by atoms with Gasteiger partial charge in [-0.05, 0) is 19.2 Å². The highest BCUT2D eigenvalue weighted by Crippen LogP contribution is 2.32. The number of aromatic nitrogens is 2. The molecule has 0 aliphatic carbocycles. The van der Waals surface area contributed by atoms with Gasteiger partial charge in [0.15, 0.2) is 0 Å². The van der Waals surface area contributed by atoms with Crippen LogP contribution in [0.15, 0.2) is 24.3 Å². The lowest BCUT2D eigenvalue weighted by molar-refractivity contribution is -0.137. The summed E-state index contributed by atoms with van der Waals surface area (Å²) >= 11 is 0. The van der Waals surface area contributed by atoms with E-state index in [1.54, 1.807) is 0 Å². The highest BCUT2D eigenvalue weighted by Gasteiger charge is 2.30. The van der Waals surface area contributed by atoms with Crippen LogP contribution in [0, 0.1) is 0 Å². The van der Waals surface area contributed by atoms with Gasteiger partial charge in [-0.2, -0.15) is 18.3 Å². The van der Waals surface area contributed by atoms with E-state index < -0.39 is 11.7 Å². The Morgan fingerprint density at radius 1 is 1.20 bits per heavy atom. The second-order valence-corrected chi connectivity index (χ2v) is 5.09. The van der Waals surface area contributed by atoms with Crippen molar-refractivity contribution in [2.45, 2.75) is 19.1 Å². The minimum Gasteiger partial charge on any atom is -0.302 e. The van der Waals surface area contributed by atoms with Gasteiger partial charge in [0, 0.05) is 36.3 Å². The van der Waals surface area contributed by atoms with Gasteiger partial charge in [-0.25, -0.2) is 0 Å². The third kappa shape index (κ3) is 2.31. The van der Waals surface area contributed by atoms with Gasteiger partial charge in [0.05, 0.1) is 11.3 Å². The number of nitrogens with one attached hydrogen (secondary N) is 1. The maximum absolute atomic E-state index is 12.6. The third-order valence-electron chi connectivity index (χ3n) is 3.61. The molecule has 106 valence electrons. The first-order valence-corrected chi connectivity index (χ1v) is 6.37. The maximum Gasteiger partial charge on any atom is 0.416 e. The van der Waals surface area contributed by atoms with Gasteiger partial charge >= 0.3 is 6.18 Å². The Hall–Kier alpha value is -1.82. The molecule has 2 heterocycles. The Kier molecular flexibility index (Phi) is 3.05. The number of H-pyrrole nitrogens is 1. The number of hydrogen-bond acceptors (Lipinski definition) is 2. The molecule has 1 aromatic heterocycles. The SMILES string of the molecule is CN1CCc2[nH]nc(-c3ccc(C(F)(F)F)cc3)c2C1. The van der Waals surface area contributed by atoms with Crippen LogP contribution in [-0.4, -0.2) is 28.7 Å². The van der Waals surface area contributed by atoms with E-state index in [-0.39, 0.29) is 0 Å². The monoisotopic (exact) mass is 281 g/mol. The van der Waals surface area contributed by atoms with Crippen molar-refractivity contribution in [3.05, 3.63) is 41.1 Å². The number of benzene rings is 1. The Bertz CT molecular complexity index is 614. The summed E-state index contributed by atoms with van der Waals surface area (Å²) in [6.07, 6.45) is -3.41. The number of fused-ring (bicyclic) bond motifs is 1. The summed E-state index contributed by atoms with van der Waals surface area (Å²) in [7, 11) is 2.02. The van der Waals surface area contributed by atoms with Gasteiger partial charge in [-0.3, -0.25) is 5.10 Å². The molecule has 0 radical (unpaired) electrons. The lowest BCUT2D eigenvalue weighted by atomic mass is 10.0. The zero-order valence-corrected chi connectivity index (χ0v) is 11.0. The molecule has 2 aromatic rings. The molecule has 0 saturated heterocycles. The molecule has 1 aliphatic rings. The number of nitrogens with zero attached hydrogens (tertiary/aromatic N) is 2. The molecule has 0 bridgehead atoms. The standard InChI is InChI=1S/C14H14F3N3/c1-20-7-6-12-11(8-20)13(19-18-12)9-2-4-10(5-3-9)14(15,16)17/h2-5H,6-8H2,1H3,(H,18,19). The van der Waals surface area contributed by atoms with Crippen molar-refractivity contribution in [1.82, 2.24) is 15.1 Å². The van der Waals surface area contributed by atoms with E-state index in [4.69, 9.17) is 0 Å². The number of likely N-dealkylation sites (N-methyl/N-ethyl adjacent to an activating group) is 1. The normalized spacial score (nSPS) is 16.2. The number of hydrogen-bond donors (Lipinski definition) is 1. The van der Waals surface area contributed by atoms with Crippen LogP contribution in [0.25, 0.3) is 11.3 Å². The van der Waals surface area contributed by atoms with Crippen molar-refractivity contribution < 1.29 is 13.2 Å². The first-order valence-electron chi connectivity index (χ1n) is 6.37. The van der Waals surface area contributed by atoms with Crippen LogP contribution in [0.2, 0.25) is 0 Å². The van der Waals surface area contributed by atoms with E-state index in [0.29, 0.717) is 5.56 Å². The minimum absolute atomic E-state index is 0.636. The van der Waals surface area contributed by atoms with Crippen LogP contribution < -0.4 is 0 Å². The summed E-state index contributed by atoms with van der Waals surface area (Å²) in [5, 5.41) is 7.25. The predicted octanol–water partition coefficient (Wildman–Crippen LogP) is 3.08. The van der Waals surface area contributed by atoms with Crippen LogP contribution in [0.5, 0.6) is 0 Å². The van der Waals surface area contributed by atoms with E-state index in [1.807, 2.05) is 7.05 Å². The summed E-state index contributed by atoms with van der Waals surface area (Å²) in [4.78, 5) is 2.17. The average molecular weight is 281 g/mol. The van der Waals surface area contributed by atoms with E-state index in [1.165, 1.54) is 12.1 Å². The van der Waals surface area contributed by atoms with Crippen molar-refractivity contribution in [1.29, 1.82) is 0 Å². The summed E-state index contributed by atoms with van der Waals surface area (Å²) in [5.74, 6) is 0. The maximum atomic E-state index is 12.6. The molecule has 0 amide bonds. The van der Waals surface area contributed by atoms with Crippen LogP contribution in [-0.2, 0) is 19.1 Å². The molecule has 3 rings (SSSR count). The van der Waals surface area contributed by atoms with E-state index in [9.17, 15) is 13.2 Å². The molecule has 20 heavy (non-hydrogen) atoms. The molecule has 0 fully saturated rings. The summed E-state index contributed by atoms with van der Waals surface area (Å²) in [6.45, 7) is 1.73. The molecular formula is C14H14F3N3. The van der Waals surface area contributed by atoms with Crippen molar-refractivity contribution >= 4 is 0 Å². The smallest absolute Gasteiger partial charge is 0.302 e. The minimum atomic E-state index is -4.30. The van der Waals surface area contributed by atoms with Crippen LogP contribution in [0.4, 0.5) is 13.2 Å². The molecule has 0 saturated carbocycles. The Labute approximate surface area is 114 Å². The van der Waals surface area contributed by atoms with Crippen molar-refractivity contribution in [3.63, 3.8) is 0 Å². The summed E-state index contributed by atoms with van der Waals surface area (Å²) < 4.78 is 37.7. The van der Waals surface area contributed by atoms with Crippen molar-refractivity contribution in [3.8, 4) is 11.3 Å². The van der Waals surface area contributed by atoms with Crippen molar-refractivity contribution in [2.24, 2.45) is 0 Å². The number of halogens is 3. The second-order valence-electron chi connectivity index (χ2n) is 5.09. The second kappa shape index (κ2) is 4.63. The summed E-state index contributed by atoms with van der Waals surface area (Å²) in [5.41, 5.74) is 2.99. The fraction of sp³-hybridized carbons (Fsp3) is 0.357. The molecule has 1 aromatic carbocycles. The average Bonchev–Trinajstić information content (AvgIpc) is 2.81. The third-order valence-corrected chi connectivity index (χ3v) is 3.61. The molecular weight excluding hydrogens is 267 g/mol. The topological polar surface area (TPSA) is 31.9 Å². The molecule has 1 N–H and O–H groups in total. The van der Waals surface area contributed by atoms with Crippen molar-refractivity contribution in [2.75, 3.05) is 13.6 Å². The largest absolute Gasteiger partial charge is 0.416 e. The molecule has 0 atom stereocenters. The van der Waals surface area contributed by atoms with Gasteiger partial charge in [-0.1, -0.05) is 12.1 Å². The molecule has 0 spiro atoms. The summed E-state index contributed by atoms with van der Waals surface area (Å²) in [6, 6.07) is 5.16. The molecule has 1 aliphatic heterocycles. The number of alkyl halides is 3. The molecule has 3 nitrogen and oxygen atoms in total. The van der Waals surface area contributed by atoms with Crippen LogP contribution >= 0.6 is 0 Å². The highest BCUT2D eigenvalue weighted by atomic mass is 19.4. The number of rotatable bonds is 1. The van der Waals surface area contributed by atoms with Gasteiger partial charge < -0.3 is 4.90 Å². The number of aromatic amines is 1. The Balaban J connectivity index is 1.96. The highest BCUT2D eigenvalue weighted by molar-refractivity contribution is 5.64. The molecule has 0 unspecified atom stereocenters. The lowest BCUT2D eigenvalue weighted by Gasteiger charge is -2.22. The first-order chi connectivity index (χ1) is 9.45. The lowest BCUT2D eigenvalue weighted by Crippen LogP contribution is -2.26.